The third kappa shape index (κ3) is 6.36. The molecule has 0 fully saturated rings. The summed E-state index contributed by atoms with van der Waals surface area (Å²) in [5.41, 5.74) is -4.90. The van der Waals surface area contributed by atoms with Crippen LogP contribution in [-0.4, -0.2) is 52.5 Å². The molecule has 0 spiro atoms. The fourth-order valence-corrected chi connectivity index (χ4v) is 2.89. The summed E-state index contributed by atoms with van der Waals surface area (Å²) in [6.45, 7) is 7.82. The van der Waals surface area contributed by atoms with Gasteiger partial charge in [0, 0.05) is 24.1 Å². The van der Waals surface area contributed by atoms with E-state index in [1.807, 2.05) is 0 Å². The van der Waals surface area contributed by atoms with Gasteiger partial charge in [0.1, 0.15) is 29.2 Å². The number of imide groups is 1. The Morgan fingerprint density at radius 3 is 2.18 bits per heavy atom. The molecule has 1 aliphatic heterocycles. The summed E-state index contributed by atoms with van der Waals surface area (Å²) in [6.07, 6.45) is -2.61. The molecule has 0 bridgehead atoms. The number of alkyl halides is 1. The highest BCUT2D eigenvalue weighted by Crippen LogP contribution is 2.37. The Hall–Kier alpha value is -3.31. The van der Waals surface area contributed by atoms with Crippen molar-refractivity contribution in [1.29, 1.82) is 0 Å². The van der Waals surface area contributed by atoms with Gasteiger partial charge in [0.05, 0.1) is 11.5 Å². The average Bonchev–Trinajstić information content (AvgIpc) is 2.65. The van der Waals surface area contributed by atoms with Crippen molar-refractivity contribution in [2.24, 2.45) is 4.99 Å². The molecule has 33 heavy (non-hydrogen) atoms. The van der Waals surface area contributed by atoms with E-state index in [2.05, 4.69) is 4.99 Å². The van der Waals surface area contributed by atoms with Crippen LogP contribution < -0.4 is 0 Å². The smallest absolute Gasteiger partial charge is 0.428 e. The maximum absolute atomic E-state index is 14.6. The quantitative estimate of drug-likeness (QED) is 0.456. The number of carbonyl (C=O) groups is 2. The fourth-order valence-electron chi connectivity index (χ4n) is 2.89. The zero-order chi connectivity index (χ0) is 25.2. The van der Waals surface area contributed by atoms with Crippen molar-refractivity contribution in [3.8, 4) is 0 Å². The van der Waals surface area contributed by atoms with Gasteiger partial charge < -0.3 is 14.2 Å². The molecule has 12 heteroatoms. The molecule has 1 heterocycles. The number of rotatable bonds is 3. The number of nitro benzene ring substituents is 1. The van der Waals surface area contributed by atoms with Gasteiger partial charge in [-0.3, -0.25) is 10.1 Å². The normalized spacial score (nSPS) is 18.6. The van der Waals surface area contributed by atoms with Crippen molar-refractivity contribution in [1.82, 2.24) is 4.90 Å². The topological polar surface area (TPSA) is 121 Å². The number of amidine groups is 1. The summed E-state index contributed by atoms with van der Waals surface area (Å²) in [6, 6.07) is 1.96. The second-order valence-electron chi connectivity index (χ2n) is 9.38. The van der Waals surface area contributed by atoms with Crippen molar-refractivity contribution in [2.45, 2.75) is 64.7 Å². The van der Waals surface area contributed by atoms with Crippen molar-refractivity contribution in [3.63, 3.8) is 0 Å². The average molecular weight is 471 g/mol. The van der Waals surface area contributed by atoms with Crippen LogP contribution in [0.1, 0.15) is 53.5 Å². The van der Waals surface area contributed by atoms with Crippen LogP contribution in [0.5, 0.6) is 0 Å². The van der Waals surface area contributed by atoms with E-state index >= 15 is 0 Å². The first-order chi connectivity index (χ1) is 15.1. The Labute approximate surface area is 189 Å². The van der Waals surface area contributed by atoms with Crippen molar-refractivity contribution < 1.29 is 37.5 Å². The van der Waals surface area contributed by atoms with Crippen LogP contribution in [0, 0.1) is 15.9 Å². The molecular formula is C21H27F2N3O7. The van der Waals surface area contributed by atoms with Crippen LogP contribution in [0.4, 0.5) is 24.1 Å². The Balaban J connectivity index is 2.62. The minimum absolute atomic E-state index is 0.207. The monoisotopic (exact) mass is 471 g/mol. The molecule has 182 valence electrons. The summed E-state index contributed by atoms with van der Waals surface area (Å²) in [5.74, 6) is -0.940. The highest BCUT2D eigenvalue weighted by molar-refractivity contribution is 6.06. The first kappa shape index (κ1) is 25.9. The number of hydrogen-bond acceptors (Lipinski definition) is 8. The molecule has 1 atom stereocenters. The van der Waals surface area contributed by atoms with Gasteiger partial charge in [0.2, 0.25) is 0 Å². The van der Waals surface area contributed by atoms with Crippen molar-refractivity contribution >= 4 is 23.9 Å². The van der Waals surface area contributed by atoms with E-state index in [0.717, 1.165) is 18.2 Å². The predicted octanol–water partition coefficient (Wildman–Crippen LogP) is 4.85. The molecule has 10 nitrogen and oxygen atoms in total. The van der Waals surface area contributed by atoms with Gasteiger partial charge in [-0.05, 0) is 47.6 Å². The number of benzene rings is 1. The molecule has 0 N–H and O–H groups in total. The lowest BCUT2D eigenvalue weighted by atomic mass is 9.87. The van der Waals surface area contributed by atoms with E-state index in [-0.39, 0.29) is 13.0 Å². The number of hydrogen-bond donors (Lipinski definition) is 0. The highest BCUT2D eigenvalue weighted by Gasteiger charge is 2.44. The highest BCUT2D eigenvalue weighted by atomic mass is 19.1. The molecule has 1 aliphatic rings. The molecule has 0 aliphatic carbocycles. The van der Waals surface area contributed by atoms with Gasteiger partial charge in [-0.2, -0.15) is 0 Å². The third-order valence-corrected chi connectivity index (χ3v) is 4.28. The molecule has 1 aromatic rings. The largest absolute Gasteiger partial charge is 0.464 e. The van der Waals surface area contributed by atoms with Crippen LogP contribution in [0.15, 0.2) is 23.2 Å². The van der Waals surface area contributed by atoms with E-state index in [9.17, 15) is 28.5 Å². The Morgan fingerprint density at radius 2 is 1.73 bits per heavy atom. The number of carbonyl (C=O) groups excluding carboxylic acids is 2. The van der Waals surface area contributed by atoms with Gasteiger partial charge in [-0.25, -0.2) is 23.4 Å². The Kier molecular flexibility index (Phi) is 7.30. The Bertz CT molecular complexity index is 942. The summed E-state index contributed by atoms with van der Waals surface area (Å²) < 4.78 is 44.8. The van der Waals surface area contributed by atoms with E-state index in [0.29, 0.717) is 4.90 Å². The summed E-state index contributed by atoms with van der Waals surface area (Å²) in [7, 11) is 0. The minimum atomic E-state index is -1.98. The summed E-state index contributed by atoms with van der Waals surface area (Å²) in [4.78, 5) is 40.4. The predicted molar refractivity (Wildman–Crippen MR) is 113 cm³/mol. The van der Waals surface area contributed by atoms with Gasteiger partial charge in [-0.15, -0.1) is 4.90 Å². The van der Waals surface area contributed by atoms with Crippen molar-refractivity contribution in [2.75, 3.05) is 13.3 Å². The number of nitro groups is 1. The lowest BCUT2D eigenvalue weighted by Gasteiger charge is -2.35. The first-order valence-electron chi connectivity index (χ1n) is 10.1. The van der Waals surface area contributed by atoms with Gasteiger partial charge in [0.15, 0.2) is 0 Å². The molecule has 0 unspecified atom stereocenters. The molecule has 2 amide bonds. The Morgan fingerprint density at radius 1 is 1.18 bits per heavy atom. The summed E-state index contributed by atoms with van der Waals surface area (Å²) >= 11 is 0. The number of non-ortho nitro benzene ring substituents is 1. The van der Waals surface area contributed by atoms with Crippen LogP contribution in [0.2, 0.25) is 0 Å². The van der Waals surface area contributed by atoms with Gasteiger partial charge >= 0.3 is 18.2 Å². The van der Waals surface area contributed by atoms with E-state index in [4.69, 9.17) is 14.2 Å². The number of aliphatic imine (C=N–C) groups is 1. The molecular weight excluding hydrogens is 444 g/mol. The second kappa shape index (κ2) is 9.28. The maximum atomic E-state index is 14.6. The van der Waals surface area contributed by atoms with Gasteiger partial charge in [-0.1, -0.05) is 0 Å². The van der Waals surface area contributed by atoms with Crippen LogP contribution in [-0.2, 0) is 19.7 Å². The molecule has 0 radical (unpaired) electrons. The molecule has 0 saturated heterocycles. The zero-order valence-electron chi connectivity index (χ0n) is 19.3. The number of halogens is 2. The fraction of sp³-hybridized carbons (Fsp3) is 0.571. The molecule has 0 aromatic heterocycles. The standard InChI is InChI=1S/C21H27F2N3O7/c1-19(2,3)32-17(27)25(18(28)33-20(4,5)6)16-24-21(12-22,9-10-31-16)14-11-13(26(29)30)7-8-15(14)23/h7-8,11H,9-10,12H2,1-6H3/t21-/m1/s1. The van der Waals surface area contributed by atoms with E-state index < -0.39 is 63.6 Å². The maximum Gasteiger partial charge on any atom is 0.428 e. The SMILES string of the molecule is CC(C)(C)OC(=O)N(C(=O)OC(C)(C)C)C1=N[C@](CF)(c2cc([N+](=O)[O-])ccc2F)CCO1. The van der Waals surface area contributed by atoms with Gasteiger partial charge in [0.25, 0.3) is 5.69 Å². The summed E-state index contributed by atoms with van der Waals surface area (Å²) in [5, 5.41) is 11.2. The van der Waals surface area contributed by atoms with E-state index in [1.54, 1.807) is 41.5 Å². The van der Waals surface area contributed by atoms with Crippen LogP contribution in [0.3, 0.4) is 0 Å². The van der Waals surface area contributed by atoms with Crippen LogP contribution in [0.25, 0.3) is 0 Å². The number of nitrogens with zero attached hydrogens (tertiary/aromatic N) is 3. The zero-order valence-corrected chi connectivity index (χ0v) is 19.3. The van der Waals surface area contributed by atoms with Crippen molar-refractivity contribution in [3.05, 3.63) is 39.7 Å². The second-order valence-corrected chi connectivity index (χ2v) is 9.38. The van der Waals surface area contributed by atoms with E-state index in [1.165, 1.54) is 0 Å². The molecule has 0 saturated carbocycles. The number of ether oxygens (including phenoxy) is 3. The molecule has 2 rings (SSSR count). The van der Waals surface area contributed by atoms with Crippen LogP contribution >= 0.6 is 0 Å². The minimum Gasteiger partial charge on any atom is -0.464 e. The first-order valence-corrected chi connectivity index (χ1v) is 10.1. The molecule has 1 aromatic carbocycles. The third-order valence-electron chi connectivity index (χ3n) is 4.28. The lowest BCUT2D eigenvalue weighted by Crippen LogP contribution is -2.50. The number of amides is 2. The lowest BCUT2D eigenvalue weighted by molar-refractivity contribution is -0.385.